The molecule has 0 saturated carbocycles. The Hall–Kier alpha value is -1.97. The second kappa shape index (κ2) is 6.03. The van der Waals surface area contributed by atoms with Gasteiger partial charge in [0.25, 0.3) is 5.92 Å². The molecule has 1 atom stereocenters. The molecule has 1 aliphatic heterocycles. The summed E-state index contributed by atoms with van der Waals surface area (Å²) >= 11 is 0. The third-order valence-corrected chi connectivity index (χ3v) is 3.65. The molecule has 2 heterocycles. The molecule has 1 aromatic carbocycles. The number of hydrogen-bond acceptors (Lipinski definition) is 4. The van der Waals surface area contributed by atoms with Gasteiger partial charge in [0.2, 0.25) is 0 Å². The lowest BCUT2D eigenvalue weighted by molar-refractivity contribution is -0.0171. The van der Waals surface area contributed by atoms with Crippen LogP contribution in [0.1, 0.15) is 12.0 Å². The molecule has 3 rings (SSSR count). The number of nitriles is 1. The third kappa shape index (κ3) is 2.96. The van der Waals surface area contributed by atoms with Crippen molar-refractivity contribution in [3.8, 4) is 6.07 Å². The van der Waals surface area contributed by atoms with E-state index in [0.717, 1.165) is 0 Å². The maximum Gasteiger partial charge on any atom is 0.266 e. The lowest BCUT2D eigenvalue weighted by Gasteiger charge is -2.38. The van der Waals surface area contributed by atoms with Gasteiger partial charge in [-0.3, -0.25) is 4.98 Å². The van der Waals surface area contributed by atoms with E-state index in [1.165, 1.54) is 0 Å². The van der Waals surface area contributed by atoms with Gasteiger partial charge in [-0.15, -0.1) is 12.4 Å². The number of rotatable bonds is 1. The molecule has 7 heteroatoms. The zero-order valence-electron chi connectivity index (χ0n) is 11.7. The summed E-state index contributed by atoms with van der Waals surface area (Å²) < 4.78 is 27.5. The summed E-state index contributed by atoms with van der Waals surface area (Å²) in [6, 6.07) is 8.32. The van der Waals surface area contributed by atoms with Crippen molar-refractivity contribution in [1.82, 2.24) is 4.98 Å². The van der Waals surface area contributed by atoms with Crippen LogP contribution in [0.4, 0.5) is 14.5 Å². The molecule has 0 bridgehead atoms. The number of pyridine rings is 1. The number of piperidine rings is 1. The first kappa shape index (κ1) is 16.4. The van der Waals surface area contributed by atoms with E-state index in [1.54, 1.807) is 35.4 Å². The Morgan fingerprint density at radius 3 is 2.82 bits per heavy atom. The van der Waals surface area contributed by atoms with Crippen LogP contribution >= 0.6 is 12.4 Å². The minimum Gasteiger partial charge on any atom is -0.363 e. The minimum atomic E-state index is -2.81. The fraction of sp³-hybridized carbons (Fsp3) is 0.333. The Balaban J connectivity index is 0.00000176. The number of anilines is 1. The highest BCUT2D eigenvalue weighted by molar-refractivity contribution is 5.95. The maximum absolute atomic E-state index is 13.7. The van der Waals surface area contributed by atoms with Crippen molar-refractivity contribution >= 4 is 29.0 Å². The second-order valence-electron chi connectivity index (χ2n) is 5.34. The SMILES string of the molecule is Cl.N#Cc1ccc(N2CC(N)CC(F)(F)C2)c2cccnc12. The molecule has 1 aliphatic rings. The summed E-state index contributed by atoms with van der Waals surface area (Å²) in [5, 5.41) is 9.81. The van der Waals surface area contributed by atoms with Crippen molar-refractivity contribution in [2.24, 2.45) is 5.73 Å². The topological polar surface area (TPSA) is 65.9 Å². The van der Waals surface area contributed by atoms with Crippen LogP contribution in [0.3, 0.4) is 0 Å². The van der Waals surface area contributed by atoms with Crippen molar-refractivity contribution in [2.45, 2.75) is 18.4 Å². The molecule has 2 N–H and O–H groups in total. The van der Waals surface area contributed by atoms with E-state index >= 15 is 0 Å². The van der Waals surface area contributed by atoms with Crippen LogP contribution in [0.5, 0.6) is 0 Å². The van der Waals surface area contributed by atoms with Crippen LogP contribution in [0.25, 0.3) is 10.9 Å². The first-order valence-electron chi connectivity index (χ1n) is 6.66. The van der Waals surface area contributed by atoms with Crippen molar-refractivity contribution < 1.29 is 8.78 Å². The monoisotopic (exact) mass is 324 g/mol. The van der Waals surface area contributed by atoms with Gasteiger partial charge >= 0.3 is 0 Å². The highest BCUT2D eigenvalue weighted by Crippen LogP contribution is 2.34. The van der Waals surface area contributed by atoms with Gasteiger partial charge < -0.3 is 10.6 Å². The zero-order chi connectivity index (χ0) is 15.0. The van der Waals surface area contributed by atoms with Crippen LogP contribution in [-0.4, -0.2) is 30.0 Å². The first-order valence-corrected chi connectivity index (χ1v) is 6.66. The van der Waals surface area contributed by atoms with E-state index in [4.69, 9.17) is 11.0 Å². The standard InChI is InChI=1S/C15H14F2N4.ClH/c16-15(17)6-11(19)8-21(9-15)13-4-3-10(7-18)14-12(13)2-1-5-20-14;/h1-5,11H,6,8-9,19H2;1H. The van der Waals surface area contributed by atoms with Gasteiger partial charge in [0.05, 0.1) is 17.6 Å². The molecular formula is C15H15ClF2N4. The molecule has 1 fully saturated rings. The Kier molecular flexibility index (Phi) is 4.50. The van der Waals surface area contributed by atoms with Crippen LogP contribution in [0.15, 0.2) is 30.5 Å². The predicted molar refractivity (Wildman–Crippen MR) is 83.5 cm³/mol. The Bertz CT molecular complexity index is 729. The van der Waals surface area contributed by atoms with Gasteiger partial charge in [0.1, 0.15) is 6.07 Å². The summed E-state index contributed by atoms with van der Waals surface area (Å²) in [6.07, 6.45) is 1.29. The van der Waals surface area contributed by atoms with E-state index in [-0.39, 0.29) is 25.4 Å². The van der Waals surface area contributed by atoms with E-state index in [9.17, 15) is 8.78 Å². The van der Waals surface area contributed by atoms with Gasteiger partial charge in [0, 0.05) is 36.3 Å². The summed E-state index contributed by atoms with van der Waals surface area (Å²) in [5.41, 5.74) is 7.35. The van der Waals surface area contributed by atoms with Crippen molar-refractivity contribution in [2.75, 3.05) is 18.0 Å². The summed E-state index contributed by atoms with van der Waals surface area (Å²) in [4.78, 5) is 5.78. The third-order valence-electron chi connectivity index (χ3n) is 3.65. The van der Waals surface area contributed by atoms with E-state index in [1.807, 2.05) is 0 Å². The predicted octanol–water partition coefficient (Wildman–Crippen LogP) is 2.70. The highest BCUT2D eigenvalue weighted by atomic mass is 35.5. The van der Waals surface area contributed by atoms with Crippen LogP contribution < -0.4 is 10.6 Å². The molecule has 22 heavy (non-hydrogen) atoms. The van der Waals surface area contributed by atoms with Gasteiger partial charge in [-0.1, -0.05) is 0 Å². The normalized spacial score (nSPS) is 20.3. The lowest BCUT2D eigenvalue weighted by atomic mass is 10.0. The van der Waals surface area contributed by atoms with Crippen molar-refractivity contribution in [3.63, 3.8) is 0 Å². The summed E-state index contributed by atoms with van der Waals surface area (Å²) in [6.45, 7) is 0.00206. The van der Waals surface area contributed by atoms with Crippen LogP contribution in [0.2, 0.25) is 0 Å². The van der Waals surface area contributed by atoms with Crippen molar-refractivity contribution in [1.29, 1.82) is 5.26 Å². The van der Waals surface area contributed by atoms with Crippen LogP contribution in [0, 0.1) is 11.3 Å². The average Bonchev–Trinajstić information content (AvgIpc) is 2.44. The number of fused-ring (bicyclic) bond motifs is 1. The molecule has 1 aromatic heterocycles. The van der Waals surface area contributed by atoms with E-state index < -0.39 is 12.0 Å². The first-order chi connectivity index (χ1) is 10.00. The molecule has 0 radical (unpaired) electrons. The molecule has 0 spiro atoms. The number of aromatic nitrogens is 1. The molecule has 0 aliphatic carbocycles. The smallest absolute Gasteiger partial charge is 0.266 e. The number of nitrogens with zero attached hydrogens (tertiary/aromatic N) is 3. The Morgan fingerprint density at radius 2 is 2.14 bits per heavy atom. The van der Waals surface area contributed by atoms with Gasteiger partial charge in [-0.05, 0) is 24.3 Å². The largest absolute Gasteiger partial charge is 0.363 e. The number of halogens is 3. The number of benzene rings is 1. The second-order valence-corrected chi connectivity index (χ2v) is 5.34. The number of alkyl halides is 2. The highest BCUT2D eigenvalue weighted by Gasteiger charge is 2.39. The molecule has 1 unspecified atom stereocenters. The Labute approximate surface area is 132 Å². The van der Waals surface area contributed by atoms with Gasteiger partial charge in [-0.25, -0.2) is 8.78 Å². The van der Waals surface area contributed by atoms with E-state index in [0.29, 0.717) is 28.7 Å². The maximum atomic E-state index is 13.7. The summed E-state index contributed by atoms with van der Waals surface area (Å²) in [5.74, 6) is -2.81. The van der Waals surface area contributed by atoms with Gasteiger partial charge in [-0.2, -0.15) is 5.26 Å². The average molecular weight is 325 g/mol. The fourth-order valence-electron chi connectivity index (χ4n) is 2.85. The quantitative estimate of drug-likeness (QED) is 0.876. The Morgan fingerprint density at radius 1 is 1.36 bits per heavy atom. The van der Waals surface area contributed by atoms with E-state index in [2.05, 4.69) is 11.1 Å². The molecular weight excluding hydrogens is 310 g/mol. The fourth-order valence-corrected chi connectivity index (χ4v) is 2.85. The minimum absolute atomic E-state index is 0. The lowest BCUT2D eigenvalue weighted by Crippen LogP contribution is -2.52. The van der Waals surface area contributed by atoms with Crippen LogP contribution in [-0.2, 0) is 0 Å². The molecule has 116 valence electrons. The molecule has 4 nitrogen and oxygen atoms in total. The molecule has 2 aromatic rings. The number of hydrogen-bond donors (Lipinski definition) is 1. The van der Waals surface area contributed by atoms with Crippen molar-refractivity contribution in [3.05, 3.63) is 36.0 Å². The summed E-state index contributed by atoms with van der Waals surface area (Å²) in [7, 11) is 0. The number of nitrogens with two attached hydrogens (primary N) is 1. The molecule has 0 amide bonds. The molecule has 1 saturated heterocycles. The van der Waals surface area contributed by atoms with Gasteiger partial charge in [0.15, 0.2) is 0 Å². The zero-order valence-corrected chi connectivity index (χ0v) is 12.5.